The predicted molar refractivity (Wildman–Crippen MR) is 87.0 cm³/mol. The van der Waals surface area contributed by atoms with Crippen molar-refractivity contribution in [2.45, 2.75) is 31.8 Å². The monoisotopic (exact) mass is 336 g/mol. The topological polar surface area (TPSA) is 59.0 Å². The number of benzene rings is 1. The number of anilines is 1. The molecule has 2 heterocycles. The second-order valence-corrected chi connectivity index (χ2v) is 6.08. The Morgan fingerprint density at radius 3 is 3.09 bits per heavy atom. The Morgan fingerprint density at radius 2 is 2.35 bits per heavy atom. The zero-order chi connectivity index (χ0) is 16.2. The molecule has 3 rings (SSSR count). The van der Waals surface area contributed by atoms with Crippen molar-refractivity contribution in [1.82, 2.24) is 15.1 Å². The minimum atomic E-state index is -0.464. The number of halogens is 2. The third-order valence-electron chi connectivity index (χ3n) is 3.89. The van der Waals surface area contributed by atoms with Crippen molar-refractivity contribution < 1.29 is 9.18 Å². The van der Waals surface area contributed by atoms with E-state index in [1.165, 1.54) is 12.1 Å². The molecular weight excluding hydrogens is 319 g/mol. The lowest BCUT2D eigenvalue weighted by atomic mass is 10.1. The van der Waals surface area contributed by atoms with Crippen LogP contribution in [0.2, 0.25) is 5.02 Å². The van der Waals surface area contributed by atoms with Gasteiger partial charge in [0, 0.05) is 18.5 Å². The van der Waals surface area contributed by atoms with Gasteiger partial charge >= 0.3 is 0 Å². The fraction of sp³-hybridized carbons (Fsp3) is 0.375. The van der Waals surface area contributed by atoms with Gasteiger partial charge in [-0.3, -0.25) is 4.79 Å². The van der Waals surface area contributed by atoms with Crippen LogP contribution in [0.3, 0.4) is 0 Å². The molecule has 1 aliphatic heterocycles. The largest absolute Gasteiger partial charge is 0.313 e. The summed E-state index contributed by atoms with van der Waals surface area (Å²) in [4.78, 5) is 12.1. The summed E-state index contributed by atoms with van der Waals surface area (Å²) >= 11 is 5.68. The molecule has 0 spiro atoms. The minimum absolute atomic E-state index is 0.0477. The van der Waals surface area contributed by atoms with Gasteiger partial charge in [0.15, 0.2) is 0 Å². The van der Waals surface area contributed by atoms with Gasteiger partial charge in [-0.25, -0.2) is 9.07 Å². The maximum Gasteiger partial charge on any atom is 0.227 e. The van der Waals surface area contributed by atoms with Crippen LogP contribution in [0.4, 0.5) is 10.2 Å². The third-order valence-corrected chi connectivity index (χ3v) is 4.20. The SMILES string of the molecule is O=C(CC1CCCN1)Nc1ccnn1Cc1ccc(Cl)c(F)c1. The normalized spacial score (nSPS) is 17.4. The Morgan fingerprint density at radius 1 is 1.48 bits per heavy atom. The third kappa shape index (κ3) is 4.09. The van der Waals surface area contributed by atoms with E-state index in [-0.39, 0.29) is 17.0 Å². The lowest BCUT2D eigenvalue weighted by Gasteiger charge is -2.12. The van der Waals surface area contributed by atoms with Crippen LogP contribution in [-0.2, 0) is 11.3 Å². The molecule has 1 saturated heterocycles. The number of nitrogens with one attached hydrogen (secondary N) is 2. The maximum absolute atomic E-state index is 13.5. The summed E-state index contributed by atoms with van der Waals surface area (Å²) in [5, 5.41) is 10.4. The highest BCUT2D eigenvalue weighted by molar-refractivity contribution is 6.30. The van der Waals surface area contributed by atoms with E-state index in [0.717, 1.165) is 24.9 Å². The molecule has 7 heteroatoms. The molecule has 2 aromatic rings. The number of aromatic nitrogens is 2. The zero-order valence-corrected chi connectivity index (χ0v) is 13.3. The van der Waals surface area contributed by atoms with Crippen molar-refractivity contribution in [2.24, 2.45) is 0 Å². The van der Waals surface area contributed by atoms with Crippen molar-refractivity contribution in [2.75, 3.05) is 11.9 Å². The number of hydrogen-bond acceptors (Lipinski definition) is 3. The first-order chi connectivity index (χ1) is 11.1. The van der Waals surface area contributed by atoms with Crippen LogP contribution in [0.15, 0.2) is 30.5 Å². The summed E-state index contributed by atoms with van der Waals surface area (Å²) in [6.07, 6.45) is 4.19. The van der Waals surface area contributed by atoms with Gasteiger partial charge < -0.3 is 10.6 Å². The molecule has 1 aromatic carbocycles. The Balaban J connectivity index is 1.64. The average Bonchev–Trinajstić information content (AvgIpc) is 3.16. The number of nitrogens with zero attached hydrogens (tertiary/aromatic N) is 2. The van der Waals surface area contributed by atoms with Crippen LogP contribution >= 0.6 is 11.6 Å². The number of amides is 1. The molecule has 1 atom stereocenters. The zero-order valence-electron chi connectivity index (χ0n) is 12.6. The number of carbonyl (C=O) groups excluding carboxylic acids is 1. The summed E-state index contributed by atoms with van der Waals surface area (Å²) in [6.45, 7) is 1.33. The van der Waals surface area contributed by atoms with Gasteiger partial charge in [-0.15, -0.1) is 0 Å². The molecule has 0 radical (unpaired) electrons. The van der Waals surface area contributed by atoms with Gasteiger partial charge in [-0.2, -0.15) is 5.10 Å². The van der Waals surface area contributed by atoms with Crippen molar-refractivity contribution in [1.29, 1.82) is 0 Å². The van der Waals surface area contributed by atoms with E-state index in [9.17, 15) is 9.18 Å². The predicted octanol–water partition coefficient (Wildman–Crippen LogP) is 2.80. The summed E-state index contributed by atoms with van der Waals surface area (Å²) in [5.74, 6) is 0.0889. The van der Waals surface area contributed by atoms with Crippen LogP contribution in [0.1, 0.15) is 24.8 Å². The summed E-state index contributed by atoms with van der Waals surface area (Å²) in [7, 11) is 0. The summed E-state index contributed by atoms with van der Waals surface area (Å²) < 4.78 is 15.1. The first-order valence-electron chi connectivity index (χ1n) is 7.61. The minimum Gasteiger partial charge on any atom is -0.313 e. The molecule has 1 unspecified atom stereocenters. The van der Waals surface area contributed by atoms with Gasteiger partial charge in [0.1, 0.15) is 11.6 Å². The number of hydrogen-bond donors (Lipinski definition) is 2. The fourth-order valence-corrected chi connectivity index (χ4v) is 2.84. The van der Waals surface area contributed by atoms with Gasteiger partial charge in [-0.05, 0) is 37.1 Å². The van der Waals surface area contributed by atoms with Gasteiger partial charge in [0.2, 0.25) is 5.91 Å². The van der Waals surface area contributed by atoms with Gasteiger partial charge in [-0.1, -0.05) is 17.7 Å². The van der Waals surface area contributed by atoms with E-state index in [4.69, 9.17) is 11.6 Å². The molecule has 23 heavy (non-hydrogen) atoms. The van der Waals surface area contributed by atoms with Crippen LogP contribution in [0, 0.1) is 5.82 Å². The van der Waals surface area contributed by atoms with Gasteiger partial charge in [0.25, 0.3) is 0 Å². The molecule has 1 fully saturated rings. The summed E-state index contributed by atoms with van der Waals surface area (Å²) in [6, 6.07) is 6.60. The molecule has 0 aliphatic carbocycles. The lowest BCUT2D eigenvalue weighted by molar-refractivity contribution is -0.116. The first-order valence-corrected chi connectivity index (χ1v) is 7.98. The van der Waals surface area contributed by atoms with Crippen LogP contribution in [0.5, 0.6) is 0 Å². The van der Waals surface area contributed by atoms with Crippen LogP contribution in [0.25, 0.3) is 0 Å². The van der Waals surface area contributed by atoms with Crippen LogP contribution in [-0.4, -0.2) is 28.3 Å². The van der Waals surface area contributed by atoms with E-state index in [1.807, 2.05) is 0 Å². The van der Waals surface area contributed by atoms with Crippen molar-refractivity contribution in [3.05, 3.63) is 46.9 Å². The molecule has 122 valence electrons. The summed E-state index contributed by atoms with van der Waals surface area (Å²) in [5.41, 5.74) is 0.726. The highest BCUT2D eigenvalue weighted by Gasteiger charge is 2.18. The quantitative estimate of drug-likeness (QED) is 0.882. The standard InChI is InChI=1S/C16H18ClFN4O/c17-13-4-3-11(8-14(13)18)10-22-15(5-7-20-22)21-16(23)9-12-2-1-6-19-12/h3-5,7-8,12,19H,1-2,6,9-10H2,(H,21,23). The van der Waals surface area contributed by atoms with Crippen molar-refractivity contribution >= 4 is 23.3 Å². The van der Waals surface area contributed by atoms with E-state index < -0.39 is 5.82 Å². The maximum atomic E-state index is 13.5. The molecule has 5 nitrogen and oxygen atoms in total. The number of rotatable bonds is 5. The molecule has 0 bridgehead atoms. The molecule has 1 aliphatic rings. The Kier molecular flexibility index (Phi) is 4.93. The van der Waals surface area contributed by atoms with Gasteiger partial charge in [0.05, 0.1) is 17.8 Å². The van der Waals surface area contributed by atoms with Crippen molar-refractivity contribution in [3.63, 3.8) is 0 Å². The smallest absolute Gasteiger partial charge is 0.227 e. The molecule has 2 N–H and O–H groups in total. The highest BCUT2D eigenvalue weighted by Crippen LogP contribution is 2.18. The Bertz CT molecular complexity index is 697. The molecular formula is C16H18ClFN4O. The van der Waals surface area contributed by atoms with E-state index in [0.29, 0.717) is 18.8 Å². The fourth-order valence-electron chi connectivity index (χ4n) is 2.72. The molecule has 0 saturated carbocycles. The van der Waals surface area contributed by atoms with E-state index in [1.54, 1.807) is 23.0 Å². The first kappa shape index (κ1) is 16.0. The Hall–Kier alpha value is -1.92. The number of carbonyl (C=O) groups is 1. The second kappa shape index (κ2) is 7.10. The lowest BCUT2D eigenvalue weighted by Crippen LogP contribution is -2.28. The molecule has 1 aromatic heterocycles. The van der Waals surface area contributed by atoms with E-state index in [2.05, 4.69) is 15.7 Å². The molecule has 1 amide bonds. The van der Waals surface area contributed by atoms with Crippen LogP contribution < -0.4 is 10.6 Å². The Labute approximate surface area is 138 Å². The second-order valence-electron chi connectivity index (χ2n) is 5.67. The highest BCUT2D eigenvalue weighted by atomic mass is 35.5. The average molecular weight is 337 g/mol. The van der Waals surface area contributed by atoms with E-state index >= 15 is 0 Å². The van der Waals surface area contributed by atoms with Crippen molar-refractivity contribution in [3.8, 4) is 0 Å².